The molecule has 0 aliphatic carbocycles. The molecule has 0 radical (unpaired) electrons. The molecule has 4 nitrogen and oxygen atoms in total. The van der Waals surface area contributed by atoms with Gasteiger partial charge in [-0.15, -0.1) is 0 Å². The molecular weight excluding hydrogens is 240 g/mol. The fourth-order valence-electron chi connectivity index (χ4n) is 2.04. The number of aliphatic hydroxyl groups is 1. The summed E-state index contributed by atoms with van der Waals surface area (Å²) in [4.78, 5) is 15.3. The Morgan fingerprint density at radius 1 is 1.42 bits per heavy atom. The SMILES string of the molecule is Cc1[nH]c2ccc(C(=O)NCC(C)CO)cc2c1C. The van der Waals surface area contributed by atoms with E-state index in [1.165, 1.54) is 5.56 Å². The molecule has 1 aromatic carbocycles. The van der Waals surface area contributed by atoms with E-state index in [2.05, 4.69) is 10.3 Å². The van der Waals surface area contributed by atoms with E-state index in [1.54, 1.807) is 0 Å². The fourth-order valence-corrected chi connectivity index (χ4v) is 2.04. The largest absolute Gasteiger partial charge is 0.396 e. The molecule has 0 saturated carbocycles. The van der Waals surface area contributed by atoms with E-state index in [-0.39, 0.29) is 18.4 Å². The number of aromatic nitrogens is 1. The lowest BCUT2D eigenvalue weighted by Gasteiger charge is -2.09. The summed E-state index contributed by atoms with van der Waals surface area (Å²) >= 11 is 0. The first-order valence-corrected chi connectivity index (χ1v) is 6.51. The summed E-state index contributed by atoms with van der Waals surface area (Å²) in [6, 6.07) is 5.66. The van der Waals surface area contributed by atoms with Gasteiger partial charge in [0.25, 0.3) is 5.91 Å². The van der Waals surface area contributed by atoms with Crippen LogP contribution in [0, 0.1) is 19.8 Å². The topological polar surface area (TPSA) is 65.1 Å². The molecule has 1 aromatic heterocycles. The molecule has 1 heterocycles. The number of fused-ring (bicyclic) bond motifs is 1. The zero-order valence-electron chi connectivity index (χ0n) is 11.6. The fraction of sp³-hybridized carbons (Fsp3) is 0.400. The van der Waals surface area contributed by atoms with E-state index in [0.717, 1.165) is 16.6 Å². The lowest BCUT2D eigenvalue weighted by molar-refractivity contribution is 0.0942. The number of hydrogen-bond acceptors (Lipinski definition) is 2. The molecule has 1 atom stereocenters. The maximum absolute atomic E-state index is 12.0. The van der Waals surface area contributed by atoms with Crippen molar-refractivity contribution in [2.75, 3.05) is 13.2 Å². The molecule has 4 heteroatoms. The van der Waals surface area contributed by atoms with Crippen molar-refractivity contribution >= 4 is 16.8 Å². The molecule has 0 spiro atoms. The molecule has 0 saturated heterocycles. The highest BCUT2D eigenvalue weighted by atomic mass is 16.3. The molecule has 3 N–H and O–H groups in total. The monoisotopic (exact) mass is 260 g/mol. The molecule has 0 fully saturated rings. The Bertz CT molecular complexity index is 601. The predicted octanol–water partition coefficient (Wildman–Crippen LogP) is 2.14. The van der Waals surface area contributed by atoms with Crippen molar-refractivity contribution < 1.29 is 9.90 Å². The van der Waals surface area contributed by atoms with Gasteiger partial charge in [-0.05, 0) is 43.5 Å². The quantitative estimate of drug-likeness (QED) is 0.788. The van der Waals surface area contributed by atoms with Gasteiger partial charge in [0.05, 0.1) is 0 Å². The van der Waals surface area contributed by atoms with Crippen LogP contribution >= 0.6 is 0 Å². The number of rotatable bonds is 4. The van der Waals surface area contributed by atoms with Crippen molar-refractivity contribution in [2.24, 2.45) is 5.92 Å². The maximum Gasteiger partial charge on any atom is 0.251 e. The zero-order chi connectivity index (χ0) is 14.0. The highest BCUT2D eigenvalue weighted by Gasteiger charge is 2.10. The average Bonchev–Trinajstić information content (AvgIpc) is 2.70. The van der Waals surface area contributed by atoms with Crippen LogP contribution in [0.4, 0.5) is 0 Å². The summed E-state index contributed by atoms with van der Waals surface area (Å²) < 4.78 is 0. The molecule has 1 unspecified atom stereocenters. The molecule has 0 aliphatic heterocycles. The molecule has 19 heavy (non-hydrogen) atoms. The molecule has 2 rings (SSSR count). The average molecular weight is 260 g/mol. The van der Waals surface area contributed by atoms with Gasteiger partial charge in [-0.1, -0.05) is 6.92 Å². The van der Waals surface area contributed by atoms with Crippen molar-refractivity contribution in [3.63, 3.8) is 0 Å². The number of aryl methyl sites for hydroxylation is 2. The highest BCUT2D eigenvalue weighted by Crippen LogP contribution is 2.22. The van der Waals surface area contributed by atoms with Crippen LogP contribution in [0.2, 0.25) is 0 Å². The smallest absolute Gasteiger partial charge is 0.251 e. The first-order chi connectivity index (χ1) is 9.02. The standard InChI is InChI=1S/C15H20N2O2/c1-9(8-18)7-16-15(19)12-4-5-14-13(6-12)10(2)11(3)17-14/h4-6,9,17-18H,7-8H2,1-3H3,(H,16,19). The van der Waals surface area contributed by atoms with E-state index in [9.17, 15) is 4.79 Å². The molecule has 0 aliphatic rings. The zero-order valence-corrected chi connectivity index (χ0v) is 11.6. The van der Waals surface area contributed by atoms with Crippen molar-refractivity contribution in [1.29, 1.82) is 0 Å². The number of aromatic amines is 1. The molecule has 0 bridgehead atoms. The van der Waals surface area contributed by atoms with E-state index in [0.29, 0.717) is 12.1 Å². The normalized spacial score (nSPS) is 12.6. The van der Waals surface area contributed by atoms with Gasteiger partial charge in [0.1, 0.15) is 0 Å². The van der Waals surface area contributed by atoms with Gasteiger partial charge in [-0.2, -0.15) is 0 Å². The van der Waals surface area contributed by atoms with Gasteiger partial charge < -0.3 is 15.4 Å². The number of carbonyl (C=O) groups excluding carboxylic acids is 1. The van der Waals surface area contributed by atoms with E-state index >= 15 is 0 Å². The first-order valence-electron chi connectivity index (χ1n) is 6.51. The third-order valence-electron chi connectivity index (χ3n) is 3.49. The Morgan fingerprint density at radius 2 is 2.16 bits per heavy atom. The Labute approximate surface area is 112 Å². The van der Waals surface area contributed by atoms with Gasteiger partial charge in [0.15, 0.2) is 0 Å². The maximum atomic E-state index is 12.0. The van der Waals surface area contributed by atoms with Gasteiger partial charge in [-0.25, -0.2) is 0 Å². The van der Waals surface area contributed by atoms with Gasteiger partial charge >= 0.3 is 0 Å². The van der Waals surface area contributed by atoms with Crippen LogP contribution in [0.15, 0.2) is 18.2 Å². The predicted molar refractivity (Wildman–Crippen MR) is 76.4 cm³/mol. The summed E-state index contributed by atoms with van der Waals surface area (Å²) in [7, 11) is 0. The highest BCUT2D eigenvalue weighted by molar-refractivity contribution is 5.99. The van der Waals surface area contributed by atoms with Gasteiger partial charge in [0.2, 0.25) is 0 Å². The Morgan fingerprint density at radius 3 is 2.84 bits per heavy atom. The third-order valence-corrected chi connectivity index (χ3v) is 3.49. The minimum absolute atomic E-state index is 0.0731. The number of H-pyrrole nitrogens is 1. The number of nitrogens with one attached hydrogen (secondary N) is 2. The minimum atomic E-state index is -0.0968. The van der Waals surface area contributed by atoms with Crippen LogP contribution in [0.5, 0.6) is 0 Å². The second-order valence-corrected chi connectivity index (χ2v) is 5.13. The summed E-state index contributed by atoms with van der Waals surface area (Å²) in [5.41, 5.74) is 4.00. The van der Waals surface area contributed by atoms with Crippen molar-refractivity contribution in [2.45, 2.75) is 20.8 Å². The molecule has 1 amide bonds. The summed E-state index contributed by atoms with van der Waals surface area (Å²) in [6.07, 6.45) is 0. The summed E-state index contributed by atoms with van der Waals surface area (Å²) in [5.74, 6) is -0.0237. The lowest BCUT2D eigenvalue weighted by atomic mass is 10.1. The Balaban J connectivity index is 2.20. The lowest BCUT2D eigenvalue weighted by Crippen LogP contribution is -2.29. The van der Waals surface area contributed by atoms with Gasteiger partial charge in [0, 0.05) is 35.3 Å². The van der Waals surface area contributed by atoms with E-state index in [1.807, 2.05) is 39.0 Å². The van der Waals surface area contributed by atoms with Crippen LogP contribution in [-0.2, 0) is 0 Å². The van der Waals surface area contributed by atoms with Crippen molar-refractivity contribution in [3.8, 4) is 0 Å². The van der Waals surface area contributed by atoms with E-state index in [4.69, 9.17) is 5.11 Å². The third kappa shape index (κ3) is 2.79. The van der Waals surface area contributed by atoms with Crippen molar-refractivity contribution in [3.05, 3.63) is 35.0 Å². The first kappa shape index (κ1) is 13.6. The summed E-state index contributed by atoms with van der Waals surface area (Å²) in [5, 5.41) is 12.9. The number of carbonyl (C=O) groups is 1. The molecular formula is C15H20N2O2. The van der Waals surface area contributed by atoms with Crippen LogP contribution in [0.3, 0.4) is 0 Å². The van der Waals surface area contributed by atoms with Crippen molar-refractivity contribution in [1.82, 2.24) is 10.3 Å². The Kier molecular flexibility index (Phi) is 3.90. The van der Waals surface area contributed by atoms with E-state index < -0.39 is 0 Å². The summed E-state index contributed by atoms with van der Waals surface area (Å²) in [6.45, 7) is 6.53. The van der Waals surface area contributed by atoms with Crippen LogP contribution in [0.1, 0.15) is 28.5 Å². The molecule has 102 valence electrons. The minimum Gasteiger partial charge on any atom is -0.396 e. The van der Waals surface area contributed by atoms with Crippen LogP contribution in [-0.4, -0.2) is 29.1 Å². The number of benzene rings is 1. The Hall–Kier alpha value is -1.81. The van der Waals surface area contributed by atoms with Crippen LogP contribution in [0.25, 0.3) is 10.9 Å². The number of hydrogen-bond donors (Lipinski definition) is 3. The second kappa shape index (κ2) is 5.45. The molecule has 2 aromatic rings. The van der Waals surface area contributed by atoms with Crippen LogP contribution < -0.4 is 5.32 Å². The van der Waals surface area contributed by atoms with Gasteiger partial charge in [-0.3, -0.25) is 4.79 Å². The number of amides is 1. The number of aliphatic hydroxyl groups excluding tert-OH is 1. The second-order valence-electron chi connectivity index (χ2n) is 5.13.